The second-order valence-corrected chi connectivity index (χ2v) is 5.48. The van der Waals surface area contributed by atoms with Gasteiger partial charge < -0.3 is 5.73 Å². The van der Waals surface area contributed by atoms with Gasteiger partial charge in [0.15, 0.2) is 9.84 Å². The summed E-state index contributed by atoms with van der Waals surface area (Å²) >= 11 is 0. The van der Waals surface area contributed by atoms with Crippen LogP contribution in [0, 0.1) is 12.7 Å². The summed E-state index contributed by atoms with van der Waals surface area (Å²) in [7, 11) is -3.31. The van der Waals surface area contributed by atoms with Crippen molar-refractivity contribution >= 4 is 9.84 Å². The molecule has 0 heterocycles. The average Bonchev–Trinajstić information content (AvgIpc) is 2.19. The molecule has 1 aromatic carbocycles. The minimum absolute atomic E-state index is 0.00850. The Morgan fingerprint density at radius 1 is 1.40 bits per heavy atom. The molecule has 0 amide bonds. The van der Waals surface area contributed by atoms with E-state index in [2.05, 4.69) is 0 Å². The maximum absolute atomic E-state index is 12.9. The van der Waals surface area contributed by atoms with Gasteiger partial charge >= 0.3 is 0 Å². The molecule has 0 aliphatic heterocycles. The molecule has 0 radical (unpaired) electrons. The summed E-state index contributed by atoms with van der Waals surface area (Å²) in [6.07, 6.45) is 0.415. The Morgan fingerprint density at radius 2 is 2.07 bits per heavy atom. The molecule has 0 saturated carbocycles. The minimum Gasteiger partial charge on any atom is -0.330 e. The van der Waals surface area contributed by atoms with Crippen LogP contribution in [0.1, 0.15) is 12.0 Å². The van der Waals surface area contributed by atoms with Crippen LogP contribution in [0.15, 0.2) is 23.1 Å². The Bertz CT molecular complexity index is 443. The molecule has 1 aromatic rings. The number of sulfone groups is 1. The van der Waals surface area contributed by atoms with Crippen LogP contribution in [0.5, 0.6) is 0 Å². The van der Waals surface area contributed by atoms with Crippen LogP contribution in [0.2, 0.25) is 0 Å². The van der Waals surface area contributed by atoms with Crippen LogP contribution in [0.3, 0.4) is 0 Å². The van der Waals surface area contributed by atoms with E-state index in [1.807, 2.05) is 0 Å². The molecule has 3 nitrogen and oxygen atoms in total. The van der Waals surface area contributed by atoms with Gasteiger partial charge in [-0.2, -0.15) is 0 Å². The van der Waals surface area contributed by atoms with E-state index in [4.69, 9.17) is 5.73 Å². The van der Waals surface area contributed by atoms with Crippen molar-refractivity contribution in [3.63, 3.8) is 0 Å². The number of hydrogen-bond donors (Lipinski definition) is 1. The number of rotatable bonds is 4. The maximum atomic E-state index is 12.9. The third-order valence-corrected chi connectivity index (χ3v) is 3.90. The summed E-state index contributed by atoms with van der Waals surface area (Å²) in [6.45, 7) is 1.87. The molecule has 0 bridgehead atoms. The van der Waals surface area contributed by atoms with E-state index in [1.165, 1.54) is 25.1 Å². The highest BCUT2D eigenvalue weighted by molar-refractivity contribution is 7.91. The lowest BCUT2D eigenvalue weighted by Gasteiger charge is -2.04. The lowest BCUT2D eigenvalue weighted by Crippen LogP contribution is -2.11. The van der Waals surface area contributed by atoms with E-state index in [0.717, 1.165) is 0 Å². The van der Waals surface area contributed by atoms with E-state index < -0.39 is 15.7 Å². The van der Waals surface area contributed by atoms with Crippen molar-refractivity contribution in [2.24, 2.45) is 5.73 Å². The molecule has 2 N–H and O–H groups in total. The Kier molecular flexibility index (Phi) is 3.82. The van der Waals surface area contributed by atoms with Crippen molar-refractivity contribution in [1.29, 1.82) is 0 Å². The van der Waals surface area contributed by atoms with E-state index >= 15 is 0 Å². The van der Waals surface area contributed by atoms with Crippen LogP contribution < -0.4 is 5.73 Å². The number of nitrogens with two attached hydrogens (primary N) is 1. The van der Waals surface area contributed by atoms with E-state index in [1.54, 1.807) is 0 Å². The zero-order chi connectivity index (χ0) is 11.5. The molecule has 84 valence electrons. The van der Waals surface area contributed by atoms with Crippen molar-refractivity contribution in [1.82, 2.24) is 0 Å². The monoisotopic (exact) mass is 231 g/mol. The number of aryl methyl sites for hydroxylation is 1. The van der Waals surface area contributed by atoms with E-state index in [9.17, 15) is 12.8 Å². The predicted octanol–water partition coefficient (Wildman–Crippen LogP) is 1.26. The molecule has 0 spiro atoms. The lowest BCUT2D eigenvalue weighted by molar-refractivity contribution is 0.591. The molecular weight excluding hydrogens is 217 g/mol. The smallest absolute Gasteiger partial charge is 0.178 e. The van der Waals surface area contributed by atoms with Crippen molar-refractivity contribution in [2.75, 3.05) is 12.3 Å². The minimum atomic E-state index is -3.31. The summed E-state index contributed by atoms with van der Waals surface area (Å²) in [5, 5.41) is 0. The molecule has 0 atom stereocenters. The van der Waals surface area contributed by atoms with Crippen LogP contribution in [0.25, 0.3) is 0 Å². The van der Waals surface area contributed by atoms with Gasteiger partial charge in [0, 0.05) is 0 Å². The third-order valence-electron chi connectivity index (χ3n) is 2.11. The first-order chi connectivity index (χ1) is 6.97. The molecule has 5 heteroatoms. The third kappa shape index (κ3) is 3.00. The predicted molar refractivity (Wildman–Crippen MR) is 56.9 cm³/mol. The molecular formula is C10H14FNO2S. The number of benzene rings is 1. The Morgan fingerprint density at radius 3 is 2.60 bits per heavy atom. The summed E-state index contributed by atoms with van der Waals surface area (Å²) in [5.74, 6) is -0.387. The lowest BCUT2D eigenvalue weighted by atomic mass is 10.2. The quantitative estimate of drug-likeness (QED) is 0.793. The van der Waals surface area contributed by atoms with Gasteiger partial charge in [0.1, 0.15) is 5.82 Å². The molecule has 0 unspecified atom stereocenters. The molecule has 0 aromatic heterocycles. The van der Waals surface area contributed by atoms with Gasteiger partial charge in [-0.05, 0) is 43.7 Å². The first kappa shape index (κ1) is 12.1. The molecule has 0 aliphatic rings. The van der Waals surface area contributed by atoms with Gasteiger partial charge in [-0.25, -0.2) is 12.8 Å². The topological polar surface area (TPSA) is 60.2 Å². The SMILES string of the molecule is Cc1cc(S(=O)(=O)CCCN)ccc1F. The summed E-state index contributed by atoms with van der Waals surface area (Å²) in [4.78, 5) is 0.162. The van der Waals surface area contributed by atoms with Crippen molar-refractivity contribution in [2.45, 2.75) is 18.2 Å². The van der Waals surface area contributed by atoms with Crippen LogP contribution in [0.4, 0.5) is 4.39 Å². The highest BCUT2D eigenvalue weighted by Crippen LogP contribution is 2.16. The standard InChI is InChI=1S/C10H14FNO2S/c1-8-7-9(3-4-10(8)11)15(13,14)6-2-5-12/h3-4,7H,2,5-6,12H2,1H3. The molecule has 0 saturated heterocycles. The molecule has 0 fully saturated rings. The summed E-state index contributed by atoms with van der Waals surface area (Å²) in [6, 6.07) is 3.81. The fourth-order valence-corrected chi connectivity index (χ4v) is 2.62. The fraction of sp³-hybridized carbons (Fsp3) is 0.400. The summed E-state index contributed by atoms with van der Waals surface area (Å²) < 4.78 is 36.3. The first-order valence-electron chi connectivity index (χ1n) is 4.66. The zero-order valence-electron chi connectivity index (χ0n) is 8.53. The van der Waals surface area contributed by atoms with Gasteiger partial charge in [0.2, 0.25) is 0 Å². The van der Waals surface area contributed by atoms with Gasteiger partial charge in [0.05, 0.1) is 10.6 Å². The fourth-order valence-electron chi connectivity index (χ4n) is 1.20. The maximum Gasteiger partial charge on any atom is 0.178 e. The second kappa shape index (κ2) is 4.72. The molecule has 15 heavy (non-hydrogen) atoms. The Labute approximate surface area is 89.0 Å². The van der Waals surface area contributed by atoms with Crippen molar-refractivity contribution in [3.05, 3.63) is 29.6 Å². The second-order valence-electron chi connectivity index (χ2n) is 3.37. The van der Waals surface area contributed by atoms with Gasteiger partial charge in [-0.1, -0.05) is 0 Å². The van der Waals surface area contributed by atoms with Crippen molar-refractivity contribution < 1.29 is 12.8 Å². The van der Waals surface area contributed by atoms with Crippen LogP contribution >= 0.6 is 0 Å². The first-order valence-corrected chi connectivity index (χ1v) is 6.31. The Hall–Kier alpha value is -0.940. The normalized spacial score (nSPS) is 11.7. The van der Waals surface area contributed by atoms with Gasteiger partial charge in [0.25, 0.3) is 0 Å². The molecule has 0 aliphatic carbocycles. The van der Waals surface area contributed by atoms with Gasteiger partial charge in [-0.15, -0.1) is 0 Å². The van der Waals surface area contributed by atoms with Crippen LogP contribution in [-0.4, -0.2) is 20.7 Å². The van der Waals surface area contributed by atoms with Crippen molar-refractivity contribution in [3.8, 4) is 0 Å². The van der Waals surface area contributed by atoms with E-state index in [0.29, 0.717) is 18.5 Å². The average molecular weight is 231 g/mol. The molecule has 1 rings (SSSR count). The van der Waals surface area contributed by atoms with Crippen LogP contribution in [-0.2, 0) is 9.84 Å². The number of halogens is 1. The highest BCUT2D eigenvalue weighted by Gasteiger charge is 2.14. The zero-order valence-corrected chi connectivity index (χ0v) is 9.35. The van der Waals surface area contributed by atoms with Gasteiger partial charge in [-0.3, -0.25) is 0 Å². The number of hydrogen-bond acceptors (Lipinski definition) is 3. The largest absolute Gasteiger partial charge is 0.330 e. The van der Waals surface area contributed by atoms with E-state index in [-0.39, 0.29) is 10.6 Å². The highest BCUT2D eigenvalue weighted by atomic mass is 32.2. The Balaban J connectivity index is 3.00. The summed E-state index contributed by atoms with van der Waals surface area (Å²) in [5.41, 5.74) is 5.58.